The van der Waals surface area contributed by atoms with E-state index in [2.05, 4.69) is 84.9 Å². The molecule has 0 radical (unpaired) electrons. The van der Waals surface area contributed by atoms with E-state index in [4.69, 9.17) is 9.26 Å². The first kappa shape index (κ1) is 38.4. The Morgan fingerprint density at radius 1 is 0.429 bits per heavy atom. The Hall–Kier alpha value is -5.87. The minimum atomic E-state index is -4.05. The van der Waals surface area contributed by atoms with Gasteiger partial charge < -0.3 is 0 Å². The van der Waals surface area contributed by atoms with Crippen LogP contribution in [0, 0.1) is 20.8 Å². The van der Waals surface area contributed by atoms with Crippen molar-refractivity contribution in [1.29, 1.82) is 0 Å². The molecule has 0 aliphatic heterocycles. The molecule has 0 aromatic heterocycles. The van der Waals surface area contributed by atoms with Crippen LogP contribution in [0.5, 0.6) is 23.0 Å². The zero-order valence-corrected chi connectivity index (χ0v) is 33.3. The number of phenols is 3. The van der Waals surface area contributed by atoms with Gasteiger partial charge in [0, 0.05) is 0 Å². The van der Waals surface area contributed by atoms with Gasteiger partial charge in [0.1, 0.15) is 0 Å². The summed E-state index contributed by atoms with van der Waals surface area (Å²) in [6.07, 6.45) is 1.41. The van der Waals surface area contributed by atoms with Crippen molar-refractivity contribution in [1.82, 2.24) is 0 Å². The van der Waals surface area contributed by atoms with Crippen molar-refractivity contribution in [3.63, 3.8) is 0 Å². The van der Waals surface area contributed by atoms with Crippen LogP contribution in [0.25, 0.3) is 0 Å². The summed E-state index contributed by atoms with van der Waals surface area (Å²) in [7, 11) is 1.73. The van der Waals surface area contributed by atoms with Crippen LogP contribution < -0.4 is 20.4 Å². The van der Waals surface area contributed by atoms with Crippen LogP contribution >= 0.6 is 6.83 Å². The summed E-state index contributed by atoms with van der Waals surface area (Å²) in [5, 5.41) is 36.9. The molecule has 0 amide bonds. The maximum absolute atomic E-state index is 12.0. The van der Waals surface area contributed by atoms with Gasteiger partial charge in [-0.15, -0.1) is 0 Å². The fraction of sp³-hybridized carbons (Fsp3) is 0.160. The molecule has 0 atom stereocenters. The molecule has 7 rings (SSSR count). The van der Waals surface area contributed by atoms with Gasteiger partial charge in [-0.25, -0.2) is 0 Å². The average Bonchev–Trinajstić information content (AvgIpc) is 3.21. The van der Waals surface area contributed by atoms with Crippen molar-refractivity contribution in [2.24, 2.45) is 0 Å². The van der Waals surface area contributed by atoms with E-state index in [-0.39, 0.29) is 23.6 Å². The number of methoxy groups -OCH3 is 1. The second-order valence-corrected chi connectivity index (χ2v) is 19.3. The molecule has 284 valence electrons. The number of aryl methyl sites for hydroxylation is 3. The number of rotatable bonds is 13. The van der Waals surface area contributed by atoms with Gasteiger partial charge in [-0.1, -0.05) is 0 Å². The van der Waals surface area contributed by atoms with Crippen molar-refractivity contribution < 1.29 is 24.6 Å². The maximum atomic E-state index is 12.0. The van der Waals surface area contributed by atoms with Gasteiger partial charge in [-0.3, -0.25) is 0 Å². The summed E-state index contributed by atoms with van der Waals surface area (Å²) in [4.78, 5) is 0. The molecule has 3 N–H and O–H groups in total. The van der Waals surface area contributed by atoms with E-state index < -0.39 is 6.83 Å². The van der Waals surface area contributed by atoms with Crippen LogP contribution in [0.2, 0.25) is 0 Å². The molecule has 7 aromatic carbocycles. The molecule has 0 spiro atoms. The SMILES string of the molecule is COCP(Oc1c(Cc2cc(C)ccc2O)cccc1Cc1cc(C)cc(Cc2cc(C)ccc2O)c1O)(c1ccccc1)(c1ccccc1)c1ccccc1. The second-order valence-electron chi connectivity index (χ2n) is 14.9. The Kier molecular flexibility index (Phi) is 11.0. The predicted octanol–water partition coefficient (Wildman–Crippen LogP) is 9.93. The molecule has 0 bridgehead atoms. The zero-order valence-electron chi connectivity index (χ0n) is 32.4. The zero-order chi connectivity index (χ0) is 39.3. The second kappa shape index (κ2) is 16.1. The number of hydrogen-bond donors (Lipinski definition) is 3. The van der Waals surface area contributed by atoms with Crippen LogP contribution in [0.15, 0.2) is 158 Å². The molecule has 0 heterocycles. The van der Waals surface area contributed by atoms with E-state index in [9.17, 15) is 15.3 Å². The van der Waals surface area contributed by atoms with Gasteiger partial charge in [0.25, 0.3) is 0 Å². The summed E-state index contributed by atoms with van der Waals surface area (Å²) in [6.45, 7) is 2.00. The Labute approximate surface area is 330 Å². The third-order valence-corrected chi connectivity index (χ3v) is 16.3. The van der Waals surface area contributed by atoms with Crippen LogP contribution in [-0.2, 0) is 24.0 Å². The Morgan fingerprint density at radius 3 is 1.25 bits per heavy atom. The topological polar surface area (TPSA) is 79.2 Å². The van der Waals surface area contributed by atoms with Crippen LogP contribution in [0.4, 0.5) is 0 Å². The number of benzene rings is 7. The van der Waals surface area contributed by atoms with Gasteiger partial charge in [0.05, 0.1) is 0 Å². The van der Waals surface area contributed by atoms with E-state index in [1.807, 2.05) is 81.4 Å². The van der Waals surface area contributed by atoms with Crippen molar-refractivity contribution >= 4 is 22.7 Å². The quantitative estimate of drug-likeness (QED) is 0.102. The normalized spacial score (nSPS) is 12.2. The van der Waals surface area contributed by atoms with Crippen molar-refractivity contribution in [2.75, 3.05) is 13.5 Å². The first-order valence-electron chi connectivity index (χ1n) is 19.0. The number of ether oxygens (including phenoxy) is 1. The van der Waals surface area contributed by atoms with Crippen molar-refractivity contribution in [3.05, 3.63) is 208 Å². The molecular weight excluding hydrogens is 712 g/mol. The summed E-state index contributed by atoms with van der Waals surface area (Å²) in [5.41, 5.74) is 7.89. The third-order valence-electron chi connectivity index (χ3n) is 10.8. The third kappa shape index (κ3) is 7.29. The van der Waals surface area contributed by atoms with Crippen LogP contribution in [-0.4, -0.2) is 28.8 Å². The van der Waals surface area contributed by atoms with E-state index in [1.165, 1.54) is 0 Å². The number of aromatic hydroxyl groups is 3. The standard InChI is InChI=1S/C50H49O5P/c1-35-23-25-47(51)40(27-35)31-38-15-14-16-39(32-42-29-37(3)30-43(49(42)53)33-41-28-36(2)24-26-48(41)52)50(38)55-56(34-54-4,44-17-8-5-9-18-44,45-19-10-6-11-20-45)46-21-12-7-13-22-46/h5-30,51-53H,31-34H2,1-4H3. The minimum absolute atomic E-state index is 0.188. The van der Waals surface area contributed by atoms with E-state index in [0.717, 1.165) is 66.0 Å². The molecule has 0 fully saturated rings. The average molecular weight is 761 g/mol. The van der Waals surface area contributed by atoms with Gasteiger partial charge in [-0.05, 0) is 0 Å². The van der Waals surface area contributed by atoms with Gasteiger partial charge in [0.15, 0.2) is 0 Å². The van der Waals surface area contributed by atoms with Gasteiger partial charge in [0.2, 0.25) is 0 Å². The van der Waals surface area contributed by atoms with Gasteiger partial charge >= 0.3 is 332 Å². The van der Waals surface area contributed by atoms with Gasteiger partial charge in [-0.2, -0.15) is 0 Å². The van der Waals surface area contributed by atoms with Crippen molar-refractivity contribution in [3.8, 4) is 23.0 Å². The fourth-order valence-corrected chi connectivity index (χ4v) is 13.3. The molecule has 5 nitrogen and oxygen atoms in total. The molecule has 6 heteroatoms. The monoisotopic (exact) mass is 760 g/mol. The molecule has 7 aromatic rings. The summed E-state index contributed by atoms with van der Waals surface area (Å²) >= 11 is 0. The fourth-order valence-electron chi connectivity index (χ4n) is 8.10. The van der Waals surface area contributed by atoms with Crippen LogP contribution in [0.3, 0.4) is 0 Å². The molecule has 0 aliphatic rings. The molecule has 0 saturated heterocycles. The summed E-state index contributed by atoms with van der Waals surface area (Å²) in [6, 6.07) is 52.6. The molecule has 0 unspecified atom stereocenters. The van der Waals surface area contributed by atoms with E-state index in [0.29, 0.717) is 25.0 Å². The van der Waals surface area contributed by atoms with E-state index in [1.54, 1.807) is 19.2 Å². The Morgan fingerprint density at radius 2 is 0.821 bits per heavy atom. The number of phenolic OH excluding ortho intramolecular Hbond substituents is 3. The van der Waals surface area contributed by atoms with Crippen molar-refractivity contribution in [2.45, 2.75) is 40.0 Å². The molecule has 56 heavy (non-hydrogen) atoms. The molecule has 0 aliphatic carbocycles. The molecule has 0 saturated carbocycles. The first-order valence-corrected chi connectivity index (χ1v) is 21.3. The number of para-hydroxylation sites is 1. The summed E-state index contributed by atoms with van der Waals surface area (Å²) < 4.78 is 14.5. The predicted molar refractivity (Wildman–Crippen MR) is 231 cm³/mol. The molecular formula is C50H49O5P. The summed E-state index contributed by atoms with van der Waals surface area (Å²) in [5.74, 6) is 1.29. The van der Waals surface area contributed by atoms with Crippen LogP contribution in [0.1, 0.15) is 50.1 Å². The first-order chi connectivity index (χ1) is 27.1. The van der Waals surface area contributed by atoms with E-state index >= 15 is 0 Å². The number of hydrogen-bond acceptors (Lipinski definition) is 5. The Bertz CT molecular complexity index is 2360. The Balaban J connectivity index is 1.49.